The van der Waals surface area contributed by atoms with Gasteiger partial charge in [-0.1, -0.05) is 6.07 Å². The molecule has 0 aliphatic carbocycles. The number of rotatable bonds is 9. The second kappa shape index (κ2) is 10.1. The van der Waals surface area contributed by atoms with Gasteiger partial charge in [0.05, 0.1) is 36.9 Å². The number of Topliss-reactive ketones (excluding diaryl/α,β-unsaturated/α-hetero) is 1. The molecule has 1 atom stereocenters. The maximum Gasteiger partial charge on any atom is 0.295 e. The van der Waals surface area contributed by atoms with Crippen molar-refractivity contribution in [2.45, 2.75) is 13.0 Å². The van der Waals surface area contributed by atoms with Crippen molar-refractivity contribution in [2.75, 3.05) is 34.0 Å². The molecule has 1 aliphatic rings. The van der Waals surface area contributed by atoms with Gasteiger partial charge in [-0.25, -0.2) is 0 Å². The third kappa shape index (κ3) is 4.65. The van der Waals surface area contributed by atoms with Gasteiger partial charge in [0.25, 0.3) is 17.4 Å². The molecule has 10 heteroatoms. The number of ketones is 1. The van der Waals surface area contributed by atoms with Gasteiger partial charge in [0, 0.05) is 31.4 Å². The van der Waals surface area contributed by atoms with Crippen molar-refractivity contribution in [3.63, 3.8) is 0 Å². The number of aliphatic hydroxyl groups excluding tert-OH is 1. The third-order valence-electron chi connectivity index (χ3n) is 5.23. The Morgan fingerprint density at radius 2 is 1.82 bits per heavy atom. The lowest BCUT2D eigenvalue weighted by molar-refractivity contribution is -0.384. The Morgan fingerprint density at radius 1 is 1.12 bits per heavy atom. The highest BCUT2D eigenvalue weighted by Gasteiger charge is 2.46. The number of ether oxygens (including phenoxy) is 3. The van der Waals surface area contributed by atoms with Crippen LogP contribution in [0.3, 0.4) is 0 Å². The number of aliphatic hydroxyl groups is 1. The maximum absolute atomic E-state index is 13.0. The molecule has 2 aromatic carbocycles. The summed E-state index contributed by atoms with van der Waals surface area (Å²) < 4.78 is 16.0. The normalized spacial score (nSPS) is 17.3. The molecular weight excluding hydrogens is 432 g/mol. The fourth-order valence-electron chi connectivity index (χ4n) is 3.68. The number of benzene rings is 2. The number of hydrogen-bond acceptors (Lipinski definition) is 8. The summed E-state index contributed by atoms with van der Waals surface area (Å²) in [4.78, 5) is 37.5. The predicted molar refractivity (Wildman–Crippen MR) is 118 cm³/mol. The number of methoxy groups -OCH3 is 2. The van der Waals surface area contributed by atoms with Gasteiger partial charge in [0.1, 0.15) is 5.76 Å². The molecule has 1 heterocycles. The SMILES string of the molecule is CCOc1cc(C2/C(=C(/O)c3ccc([N+](=O)[O-])cc3)C(=O)C(=O)N2CCOC)ccc1OC. The Labute approximate surface area is 190 Å². The van der Waals surface area contributed by atoms with E-state index in [4.69, 9.17) is 14.2 Å². The number of non-ortho nitro benzene ring substituents is 1. The molecule has 0 bridgehead atoms. The van der Waals surface area contributed by atoms with Crippen molar-refractivity contribution in [2.24, 2.45) is 0 Å². The van der Waals surface area contributed by atoms with E-state index in [1.54, 1.807) is 18.2 Å². The summed E-state index contributed by atoms with van der Waals surface area (Å²) in [6.45, 7) is 2.46. The predicted octanol–water partition coefficient (Wildman–Crippen LogP) is 3.07. The molecule has 1 amide bonds. The van der Waals surface area contributed by atoms with Gasteiger partial charge < -0.3 is 24.2 Å². The van der Waals surface area contributed by atoms with Crippen molar-refractivity contribution in [3.8, 4) is 11.5 Å². The average Bonchev–Trinajstić information content (AvgIpc) is 3.07. The van der Waals surface area contributed by atoms with Gasteiger partial charge in [0.15, 0.2) is 11.5 Å². The fraction of sp³-hybridized carbons (Fsp3) is 0.304. The van der Waals surface area contributed by atoms with E-state index in [0.717, 1.165) is 0 Å². The standard InChI is InChI=1S/C23H24N2O8/c1-4-33-18-13-15(7-10-17(18)32-3)20-19(22(27)23(28)24(20)11-12-31-2)21(26)14-5-8-16(9-6-14)25(29)30/h5-10,13,20,26H,4,11-12H2,1-3H3/b21-19-. The van der Waals surface area contributed by atoms with Crippen LogP contribution in [0.4, 0.5) is 5.69 Å². The molecule has 0 spiro atoms. The molecule has 0 saturated carbocycles. The maximum atomic E-state index is 13.0. The number of likely N-dealkylation sites (tertiary alicyclic amines) is 1. The molecule has 174 valence electrons. The molecule has 33 heavy (non-hydrogen) atoms. The summed E-state index contributed by atoms with van der Waals surface area (Å²) in [5.41, 5.74) is 0.407. The number of carbonyl (C=O) groups excluding carboxylic acids is 2. The van der Waals surface area contributed by atoms with Crippen molar-refractivity contribution < 1.29 is 33.8 Å². The van der Waals surface area contributed by atoms with E-state index < -0.39 is 28.4 Å². The highest BCUT2D eigenvalue weighted by molar-refractivity contribution is 6.46. The molecule has 1 fully saturated rings. The number of hydrogen-bond donors (Lipinski definition) is 1. The van der Waals surface area contributed by atoms with Gasteiger partial charge in [-0.05, 0) is 36.8 Å². The monoisotopic (exact) mass is 456 g/mol. The van der Waals surface area contributed by atoms with Crippen LogP contribution < -0.4 is 9.47 Å². The molecule has 10 nitrogen and oxygen atoms in total. The number of nitro benzene ring substituents is 1. The van der Waals surface area contributed by atoms with E-state index in [-0.39, 0.29) is 30.0 Å². The van der Waals surface area contributed by atoms with E-state index in [1.807, 2.05) is 6.92 Å². The Morgan fingerprint density at radius 3 is 2.39 bits per heavy atom. The van der Waals surface area contributed by atoms with Crippen LogP contribution in [0.25, 0.3) is 5.76 Å². The molecule has 1 saturated heterocycles. The van der Waals surface area contributed by atoms with Crippen LogP contribution >= 0.6 is 0 Å². The molecule has 1 unspecified atom stereocenters. The summed E-state index contributed by atoms with van der Waals surface area (Å²) in [7, 11) is 2.97. The lowest BCUT2D eigenvalue weighted by Crippen LogP contribution is -2.32. The Bertz CT molecular complexity index is 1090. The van der Waals surface area contributed by atoms with Crippen LogP contribution in [0.2, 0.25) is 0 Å². The second-order valence-corrected chi connectivity index (χ2v) is 7.13. The lowest BCUT2D eigenvalue weighted by atomic mass is 9.95. The summed E-state index contributed by atoms with van der Waals surface area (Å²) in [5.74, 6) is -1.17. The first kappa shape index (κ1) is 23.7. The first-order valence-electron chi connectivity index (χ1n) is 10.2. The Kier molecular flexibility index (Phi) is 7.29. The summed E-state index contributed by atoms with van der Waals surface area (Å²) >= 11 is 0. The first-order chi connectivity index (χ1) is 15.8. The van der Waals surface area contributed by atoms with Crippen LogP contribution in [-0.4, -0.2) is 60.6 Å². The van der Waals surface area contributed by atoms with Crippen molar-refractivity contribution in [1.82, 2.24) is 4.90 Å². The molecule has 0 radical (unpaired) electrons. The van der Waals surface area contributed by atoms with E-state index in [1.165, 1.54) is 43.4 Å². The minimum Gasteiger partial charge on any atom is -0.507 e. The molecule has 1 aliphatic heterocycles. The number of amides is 1. The minimum absolute atomic E-state index is 0.110. The summed E-state index contributed by atoms with van der Waals surface area (Å²) in [6, 6.07) is 9.16. The number of nitrogens with zero attached hydrogens (tertiary/aromatic N) is 2. The molecule has 1 N–H and O–H groups in total. The zero-order valence-corrected chi connectivity index (χ0v) is 18.4. The Hall–Kier alpha value is -3.92. The largest absolute Gasteiger partial charge is 0.507 e. The Balaban J connectivity index is 2.17. The van der Waals surface area contributed by atoms with Crippen molar-refractivity contribution in [1.29, 1.82) is 0 Å². The van der Waals surface area contributed by atoms with Gasteiger partial charge >= 0.3 is 0 Å². The molecule has 0 aromatic heterocycles. The van der Waals surface area contributed by atoms with Gasteiger partial charge in [-0.15, -0.1) is 0 Å². The topological polar surface area (TPSA) is 128 Å². The van der Waals surface area contributed by atoms with Gasteiger partial charge in [0.2, 0.25) is 0 Å². The van der Waals surface area contributed by atoms with Crippen molar-refractivity contribution >= 4 is 23.1 Å². The lowest BCUT2D eigenvalue weighted by Gasteiger charge is -2.25. The smallest absolute Gasteiger partial charge is 0.295 e. The van der Waals surface area contributed by atoms with Gasteiger partial charge in [-0.3, -0.25) is 19.7 Å². The minimum atomic E-state index is -0.916. The summed E-state index contributed by atoms with van der Waals surface area (Å²) in [5, 5.41) is 22.0. The second-order valence-electron chi connectivity index (χ2n) is 7.13. The third-order valence-corrected chi connectivity index (χ3v) is 5.23. The fourth-order valence-corrected chi connectivity index (χ4v) is 3.68. The number of carbonyl (C=O) groups is 2. The van der Waals surface area contributed by atoms with Crippen LogP contribution in [0.1, 0.15) is 24.1 Å². The molecule has 2 aromatic rings. The quantitative estimate of drug-likeness (QED) is 0.200. The van der Waals surface area contributed by atoms with Crippen LogP contribution in [-0.2, 0) is 14.3 Å². The van der Waals surface area contributed by atoms with Gasteiger partial charge in [-0.2, -0.15) is 0 Å². The van der Waals surface area contributed by atoms with E-state index in [2.05, 4.69) is 0 Å². The molecule has 3 rings (SSSR count). The van der Waals surface area contributed by atoms with E-state index in [0.29, 0.717) is 23.7 Å². The van der Waals surface area contributed by atoms with E-state index in [9.17, 15) is 24.8 Å². The zero-order chi connectivity index (χ0) is 24.1. The van der Waals surface area contributed by atoms with Crippen LogP contribution in [0.15, 0.2) is 48.0 Å². The van der Waals surface area contributed by atoms with Crippen molar-refractivity contribution in [3.05, 3.63) is 69.3 Å². The average molecular weight is 456 g/mol. The zero-order valence-electron chi connectivity index (χ0n) is 18.4. The van der Waals surface area contributed by atoms with Crippen LogP contribution in [0, 0.1) is 10.1 Å². The van der Waals surface area contributed by atoms with Crippen LogP contribution in [0.5, 0.6) is 11.5 Å². The highest BCUT2D eigenvalue weighted by Crippen LogP contribution is 2.42. The summed E-state index contributed by atoms with van der Waals surface area (Å²) in [6.07, 6.45) is 0. The highest BCUT2D eigenvalue weighted by atomic mass is 16.6. The van der Waals surface area contributed by atoms with E-state index >= 15 is 0 Å². The first-order valence-corrected chi connectivity index (χ1v) is 10.2. The number of nitro groups is 1. The molecular formula is C23H24N2O8.